The molecule has 0 bridgehead atoms. The average Bonchev–Trinajstić information content (AvgIpc) is 3.25. The largest absolute Gasteiger partial charge is 0.368 e. The van der Waals surface area contributed by atoms with E-state index >= 15 is 0 Å². The van der Waals surface area contributed by atoms with E-state index in [0.717, 1.165) is 31.4 Å². The number of anilines is 1. The highest BCUT2D eigenvalue weighted by Crippen LogP contribution is 2.20. The lowest BCUT2D eigenvalue weighted by Crippen LogP contribution is -2.37. The van der Waals surface area contributed by atoms with Crippen LogP contribution in [0.1, 0.15) is 32.6 Å². The maximum Gasteiger partial charge on any atom is 0.252 e. The quantitative estimate of drug-likeness (QED) is 0.328. The lowest BCUT2D eigenvalue weighted by Gasteiger charge is -2.25. The molecule has 0 saturated heterocycles. The molecule has 158 valence electrons. The third-order valence-corrected chi connectivity index (χ3v) is 4.87. The fourth-order valence-corrected chi connectivity index (χ4v) is 3.36. The van der Waals surface area contributed by atoms with Gasteiger partial charge in [-0.3, -0.25) is 4.79 Å². The van der Waals surface area contributed by atoms with Gasteiger partial charge in [0.2, 0.25) is 5.96 Å². The molecule has 10 heteroatoms. The second-order valence-electron chi connectivity index (χ2n) is 7.02. The summed E-state index contributed by atoms with van der Waals surface area (Å²) in [7, 11) is 0. The van der Waals surface area contributed by atoms with Gasteiger partial charge < -0.3 is 22.5 Å². The van der Waals surface area contributed by atoms with E-state index in [2.05, 4.69) is 25.5 Å². The summed E-state index contributed by atoms with van der Waals surface area (Å²) >= 11 is 0. The summed E-state index contributed by atoms with van der Waals surface area (Å²) in [5, 5.41) is 11.3. The fraction of sp³-hybridized carbons (Fsp3) is 0.350. The fourth-order valence-electron chi connectivity index (χ4n) is 3.36. The zero-order valence-corrected chi connectivity index (χ0v) is 16.9. The van der Waals surface area contributed by atoms with Crippen LogP contribution in [0.5, 0.6) is 0 Å². The van der Waals surface area contributed by atoms with E-state index in [1.165, 1.54) is 4.80 Å². The van der Waals surface area contributed by atoms with Crippen LogP contribution in [0.15, 0.2) is 58.3 Å². The van der Waals surface area contributed by atoms with Crippen LogP contribution in [-0.2, 0) is 4.79 Å². The highest BCUT2D eigenvalue weighted by Gasteiger charge is 2.21. The number of nitrogens with one attached hydrogen (secondary N) is 1. The van der Waals surface area contributed by atoms with Gasteiger partial charge in [0.1, 0.15) is 5.84 Å². The Hall–Kier alpha value is -3.53. The maximum atomic E-state index is 11.9. The van der Waals surface area contributed by atoms with Crippen molar-refractivity contribution in [1.82, 2.24) is 15.0 Å². The number of hydrogen-bond acceptors (Lipinski definition) is 5. The molecule has 10 nitrogen and oxygen atoms in total. The third-order valence-electron chi connectivity index (χ3n) is 4.87. The molecule has 1 aromatic heterocycles. The van der Waals surface area contributed by atoms with E-state index in [4.69, 9.17) is 17.2 Å². The first-order valence-corrected chi connectivity index (χ1v) is 9.85. The molecular formula is C20H27N9O. The normalized spacial score (nSPS) is 20.8. The van der Waals surface area contributed by atoms with Crippen LogP contribution in [0, 0.1) is 0 Å². The molecule has 1 fully saturated rings. The van der Waals surface area contributed by atoms with Crippen LogP contribution >= 0.6 is 0 Å². The number of primary amides is 1. The summed E-state index contributed by atoms with van der Waals surface area (Å²) in [4.78, 5) is 22.3. The van der Waals surface area contributed by atoms with E-state index in [1.807, 2.05) is 24.3 Å². The Morgan fingerprint density at radius 3 is 2.63 bits per heavy atom. The first-order chi connectivity index (χ1) is 14.5. The number of amidine groups is 1. The highest BCUT2D eigenvalue weighted by molar-refractivity contribution is 6.26. The molecule has 0 aliphatic heterocycles. The smallest absolute Gasteiger partial charge is 0.252 e. The van der Waals surface area contributed by atoms with Crippen molar-refractivity contribution >= 4 is 23.4 Å². The number of aliphatic imine (C=N–C) groups is 2. The average molecular weight is 409 g/mol. The van der Waals surface area contributed by atoms with Gasteiger partial charge in [-0.1, -0.05) is 25.0 Å². The Morgan fingerprint density at radius 1 is 1.23 bits per heavy atom. The molecule has 2 atom stereocenters. The number of carbonyl (C=O) groups excluding carboxylic acids is 1. The van der Waals surface area contributed by atoms with Gasteiger partial charge in [-0.15, -0.1) is 0 Å². The third kappa shape index (κ3) is 5.29. The zero-order chi connectivity index (χ0) is 21.5. The van der Waals surface area contributed by atoms with Crippen LogP contribution in [-0.4, -0.2) is 44.8 Å². The lowest BCUT2D eigenvalue weighted by molar-refractivity contribution is -0.114. The molecule has 1 amide bonds. The van der Waals surface area contributed by atoms with Crippen molar-refractivity contribution in [2.75, 3.05) is 5.32 Å². The molecule has 1 aromatic carbocycles. The number of amides is 1. The van der Waals surface area contributed by atoms with Crippen molar-refractivity contribution in [2.45, 2.75) is 44.7 Å². The first-order valence-electron chi connectivity index (χ1n) is 9.85. The Labute approximate surface area is 174 Å². The summed E-state index contributed by atoms with van der Waals surface area (Å²) < 4.78 is 0. The minimum absolute atomic E-state index is 0.0421. The monoisotopic (exact) mass is 409 g/mol. The van der Waals surface area contributed by atoms with Gasteiger partial charge in [0, 0.05) is 11.7 Å². The summed E-state index contributed by atoms with van der Waals surface area (Å²) in [5.41, 5.74) is 19.4. The van der Waals surface area contributed by atoms with Crippen LogP contribution in [0.2, 0.25) is 0 Å². The number of hydrogen-bond donors (Lipinski definition) is 4. The molecule has 0 radical (unpaired) electrons. The molecular weight excluding hydrogens is 382 g/mol. The number of nitrogens with two attached hydrogens (primary N) is 3. The van der Waals surface area contributed by atoms with E-state index in [1.54, 1.807) is 25.4 Å². The number of nitrogens with zero attached hydrogens (tertiary/aromatic N) is 5. The topological polar surface area (TPSA) is 163 Å². The number of benzene rings is 1. The summed E-state index contributed by atoms with van der Waals surface area (Å²) in [6.45, 7) is 1.70. The van der Waals surface area contributed by atoms with Crippen molar-refractivity contribution in [1.29, 1.82) is 0 Å². The van der Waals surface area contributed by atoms with Crippen LogP contribution in [0.3, 0.4) is 0 Å². The van der Waals surface area contributed by atoms with Crippen LogP contribution in [0.25, 0.3) is 5.69 Å². The Balaban J connectivity index is 1.90. The van der Waals surface area contributed by atoms with Crippen LogP contribution < -0.4 is 22.5 Å². The number of rotatable bonds is 5. The Kier molecular flexibility index (Phi) is 6.91. The minimum Gasteiger partial charge on any atom is -0.368 e. The number of guanidine groups is 1. The van der Waals surface area contributed by atoms with Crippen molar-refractivity contribution in [3.63, 3.8) is 0 Å². The van der Waals surface area contributed by atoms with Crippen molar-refractivity contribution in [3.8, 4) is 5.69 Å². The molecule has 0 unspecified atom stereocenters. The maximum absolute atomic E-state index is 11.9. The van der Waals surface area contributed by atoms with E-state index in [-0.39, 0.29) is 29.5 Å². The van der Waals surface area contributed by atoms with Crippen molar-refractivity contribution < 1.29 is 4.79 Å². The minimum atomic E-state index is -0.629. The van der Waals surface area contributed by atoms with Crippen LogP contribution in [0.4, 0.5) is 5.69 Å². The summed E-state index contributed by atoms with van der Waals surface area (Å²) in [6.07, 6.45) is 8.68. The predicted molar refractivity (Wildman–Crippen MR) is 117 cm³/mol. The second-order valence-corrected chi connectivity index (χ2v) is 7.02. The standard InChI is InChI=1S/C20H27N9O/c1-2-15(18(22)30)19(28-20(23)27-17-9-4-3-8-16(17)21)26-13-6-5-7-14(12-13)29-24-10-11-25-29/h2,5-7,10-12,16-17H,3-4,8-9,21H2,1H3,(H2,22,30)(H3,23,26,27,28)/b15-2-/t16-,17+/m0/s1. The van der Waals surface area contributed by atoms with Crippen molar-refractivity contribution in [2.24, 2.45) is 27.2 Å². The molecule has 30 heavy (non-hydrogen) atoms. The molecule has 7 N–H and O–H groups in total. The predicted octanol–water partition coefficient (Wildman–Crippen LogP) is 1.09. The second kappa shape index (κ2) is 9.79. The summed E-state index contributed by atoms with van der Waals surface area (Å²) in [6, 6.07) is 7.19. The molecule has 1 aliphatic rings. The Bertz CT molecular complexity index is 962. The van der Waals surface area contributed by atoms with E-state index in [9.17, 15) is 4.79 Å². The number of allylic oxidation sites excluding steroid dienone is 1. The van der Waals surface area contributed by atoms with Gasteiger partial charge in [0.15, 0.2) is 0 Å². The molecule has 3 rings (SSSR count). The van der Waals surface area contributed by atoms with E-state index in [0.29, 0.717) is 5.69 Å². The van der Waals surface area contributed by atoms with Gasteiger partial charge in [-0.2, -0.15) is 20.0 Å². The van der Waals surface area contributed by atoms with Gasteiger partial charge in [-0.05, 0) is 38.0 Å². The molecule has 2 aromatic rings. The number of carbonyl (C=O) groups is 1. The number of aromatic nitrogens is 3. The SMILES string of the molecule is C/C=C(/C(N)=O)C(=NC(N)=N[C@@H]1CCCC[C@@H]1N)Nc1cccc(-n2nccn2)c1. The molecule has 1 saturated carbocycles. The van der Waals surface area contributed by atoms with Crippen molar-refractivity contribution in [3.05, 3.63) is 48.3 Å². The molecule has 1 heterocycles. The van der Waals surface area contributed by atoms with Gasteiger partial charge >= 0.3 is 0 Å². The Morgan fingerprint density at radius 2 is 1.97 bits per heavy atom. The highest BCUT2D eigenvalue weighted by atomic mass is 16.1. The first kappa shape index (κ1) is 21.2. The van der Waals surface area contributed by atoms with Gasteiger partial charge in [-0.25, -0.2) is 4.99 Å². The molecule has 0 spiro atoms. The lowest BCUT2D eigenvalue weighted by atomic mass is 9.91. The molecule has 1 aliphatic carbocycles. The van der Waals surface area contributed by atoms with Gasteiger partial charge in [0.05, 0.1) is 29.7 Å². The summed E-state index contributed by atoms with van der Waals surface area (Å²) in [5.74, 6) is -0.373. The van der Waals surface area contributed by atoms with E-state index < -0.39 is 5.91 Å². The van der Waals surface area contributed by atoms with Gasteiger partial charge in [0.25, 0.3) is 5.91 Å². The zero-order valence-electron chi connectivity index (χ0n) is 16.9.